The van der Waals surface area contributed by atoms with E-state index in [2.05, 4.69) is 4.72 Å². The second kappa shape index (κ2) is 6.80. The minimum absolute atomic E-state index is 0.0316. The maximum absolute atomic E-state index is 11.8. The van der Waals surface area contributed by atoms with Gasteiger partial charge in [-0.25, -0.2) is 13.1 Å². The van der Waals surface area contributed by atoms with Crippen molar-refractivity contribution in [3.8, 4) is 0 Å². The lowest BCUT2D eigenvalue weighted by Gasteiger charge is -2.11. The molecule has 7 heteroatoms. The summed E-state index contributed by atoms with van der Waals surface area (Å²) in [4.78, 5) is 0.957. The third-order valence-corrected chi connectivity index (χ3v) is 5.76. The Morgan fingerprint density at radius 2 is 2.20 bits per heavy atom. The molecule has 1 fully saturated rings. The monoisotopic (exact) mass is 316 g/mol. The van der Waals surface area contributed by atoms with Gasteiger partial charge in [0.1, 0.15) is 0 Å². The van der Waals surface area contributed by atoms with E-state index in [1.807, 2.05) is 18.2 Å². The van der Waals surface area contributed by atoms with Crippen LogP contribution in [-0.4, -0.2) is 37.7 Å². The Kier molecular flexibility index (Phi) is 5.31. The number of aliphatic hydroxyl groups is 1. The fourth-order valence-corrected chi connectivity index (χ4v) is 4.22. The number of hydrogen-bond donors (Lipinski definition) is 3. The summed E-state index contributed by atoms with van der Waals surface area (Å²) in [6.45, 7) is 0.121. The van der Waals surface area contributed by atoms with Crippen LogP contribution in [0.5, 0.6) is 0 Å². The highest BCUT2D eigenvalue weighted by molar-refractivity contribution is 8.00. The van der Waals surface area contributed by atoms with Crippen molar-refractivity contribution in [3.63, 3.8) is 0 Å². The molecule has 4 N–H and O–H groups in total. The average molecular weight is 316 g/mol. The highest BCUT2D eigenvalue weighted by atomic mass is 32.2. The van der Waals surface area contributed by atoms with Gasteiger partial charge in [0.25, 0.3) is 0 Å². The van der Waals surface area contributed by atoms with Crippen molar-refractivity contribution in [1.29, 1.82) is 0 Å². The van der Waals surface area contributed by atoms with Gasteiger partial charge in [-0.05, 0) is 37.0 Å². The maximum atomic E-state index is 11.8. The summed E-state index contributed by atoms with van der Waals surface area (Å²) in [6, 6.07) is 7.36. The van der Waals surface area contributed by atoms with Gasteiger partial charge in [0.2, 0.25) is 10.0 Å². The highest BCUT2D eigenvalue weighted by Gasteiger charge is 2.30. The number of anilines is 1. The normalized spacial score (nSPS) is 17.1. The Hall–Kier alpha value is -0.760. The molecule has 2 rings (SSSR count). The molecule has 0 saturated heterocycles. The molecule has 1 aromatic carbocycles. The molecule has 1 aliphatic carbocycles. The number of nitrogen functional groups attached to an aromatic ring is 1. The predicted molar refractivity (Wildman–Crippen MR) is 82.1 cm³/mol. The molecule has 20 heavy (non-hydrogen) atoms. The number of hydrogen-bond acceptors (Lipinski definition) is 5. The van der Waals surface area contributed by atoms with E-state index in [1.165, 1.54) is 11.8 Å². The average Bonchev–Trinajstić information content (AvgIpc) is 3.20. The highest BCUT2D eigenvalue weighted by Crippen LogP contribution is 2.32. The van der Waals surface area contributed by atoms with Crippen molar-refractivity contribution in [1.82, 2.24) is 4.72 Å². The van der Waals surface area contributed by atoms with Crippen LogP contribution in [0.3, 0.4) is 0 Å². The maximum Gasteiger partial charge on any atom is 0.212 e. The number of benzene rings is 1. The minimum atomic E-state index is -3.32. The van der Waals surface area contributed by atoms with E-state index in [0.717, 1.165) is 17.7 Å². The fourth-order valence-electron chi connectivity index (χ4n) is 1.81. The van der Waals surface area contributed by atoms with Gasteiger partial charge in [0, 0.05) is 22.9 Å². The summed E-state index contributed by atoms with van der Waals surface area (Å²) < 4.78 is 26.0. The molecule has 0 spiro atoms. The number of nitrogens with one attached hydrogen (secondary N) is 1. The zero-order valence-corrected chi connectivity index (χ0v) is 12.8. The van der Waals surface area contributed by atoms with E-state index in [-0.39, 0.29) is 18.2 Å². The van der Waals surface area contributed by atoms with Crippen LogP contribution < -0.4 is 10.5 Å². The molecule has 0 aliphatic heterocycles. The van der Waals surface area contributed by atoms with Crippen molar-refractivity contribution in [3.05, 3.63) is 24.3 Å². The predicted octanol–water partition coefficient (Wildman–Crippen LogP) is 1.05. The lowest BCUT2D eigenvalue weighted by Crippen LogP contribution is -2.35. The van der Waals surface area contributed by atoms with Gasteiger partial charge in [-0.3, -0.25) is 0 Å². The van der Waals surface area contributed by atoms with E-state index >= 15 is 0 Å². The second-order valence-electron chi connectivity index (χ2n) is 4.99. The molecular weight excluding hydrogens is 296 g/mol. The van der Waals surface area contributed by atoms with Crippen molar-refractivity contribution >= 4 is 27.5 Å². The molecule has 0 amide bonds. The molecule has 0 radical (unpaired) electrons. The minimum Gasteiger partial charge on any atom is -0.399 e. The Morgan fingerprint density at radius 1 is 1.45 bits per heavy atom. The number of sulfonamides is 1. The fraction of sp³-hybridized carbons (Fsp3) is 0.538. The van der Waals surface area contributed by atoms with Crippen LogP contribution in [0.25, 0.3) is 0 Å². The summed E-state index contributed by atoms with van der Waals surface area (Å²) in [6.07, 6.45) is 1.44. The standard InChI is InChI=1S/C13H20N2O3S2/c14-11-2-1-3-12(8-11)19-6-7-20(17,18)15-9-13(16)10-4-5-10/h1-3,8,10,13,15-16H,4-7,9,14H2. The van der Waals surface area contributed by atoms with E-state index in [0.29, 0.717) is 11.4 Å². The van der Waals surface area contributed by atoms with Crippen LogP contribution in [0.1, 0.15) is 12.8 Å². The number of rotatable bonds is 8. The molecule has 0 aromatic heterocycles. The van der Waals surface area contributed by atoms with E-state index < -0.39 is 16.1 Å². The van der Waals surface area contributed by atoms with Crippen LogP contribution >= 0.6 is 11.8 Å². The lowest BCUT2D eigenvalue weighted by molar-refractivity contribution is 0.155. The Labute approximate surface area is 124 Å². The first kappa shape index (κ1) is 15.6. The van der Waals surface area contributed by atoms with Gasteiger partial charge < -0.3 is 10.8 Å². The van der Waals surface area contributed by atoms with Crippen LogP contribution in [0.4, 0.5) is 5.69 Å². The molecule has 1 aromatic rings. The quantitative estimate of drug-likeness (QED) is 0.492. The third-order valence-electron chi connectivity index (χ3n) is 3.16. The molecule has 5 nitrogen and oxygen atoms in total. The molecule has 112 valence electrons. The Balaban J connectivity index is 1.71. The van der Waals surface area contributed by atoms with Gasteiger partial charge in [-0.15, -0.1) is 11.8 Å². The molecular formula is C13H20N2O3S2. The van der Waals surface area contributed by atoms with Crippen LogP contribution in [-0.2, 0) is 10.0 Å². The van der Waals surface area contributed by atoms with Gasteiger partial charge in [-0.1, -0.05) is 6.07 Å². The first-order chi connectivity index (χ1) is 9.46. The van der Waals surface area contributed by atoms with Crippen LogP contribution in [0, 0.1) is 5.92 Å². The summed E-state index contributed by atoms with van der Waals surface area (Å²) in [5, 5.41) is 9.64. The van der Waals surface area contributed by atoms with E-state index in [1.54, 1.807) is 6.07 Å². The molecule has 1 atom stereocenters. The largest absolute Gasteiger partial charge is 0.399 e. The van der Waals surface area contributed by atoms with Crippen molar-refractivity contribution < 1.29 is 13.5 Å². The zero-order chi connectivity index (χ0) is 14.6. The second-order valence-corrected chi connectivity index (χ2v) is 8.09. The third kappa shape index (κ3) is 5.32. The lowest BCUT2D eigenvalue weighted by atomic mass is 10.2. The van der Waals surface area contributed by atoms with Crippen LogP contribution in [0.2, 0.25) is 0 Å². The smallest absolute Gasteiger partial charge is 0.212 e. The summed E-state index contributed by atoms with van der Waals surface area (Å²) in [7, 11) is -3.32. The Morgan fingerprint density at radius 3 is 2.85 bits per heavy atom. The number of nitrogens with two attached hydrogens (primary N) is 1. The van der Waals surface area contributed by atoms with Gasteiger partial charge >= 0.3 is 0 Å². The molecule has 1 aliphatic rings. The zero-order valence-electron chi connectivity index (χ0n) is 11.2. The van der Waals surface area contributed by atoms with Gasteiger partial charge in [0.05, 0.1) is 11.9 Å². The summed E-state index contributed by atoms with van der Waals surface area (Å²) in [5.41, 5.74) is 6.33. The van der Waals surface area contributed by atoms with Crippen molar-refractivity contribution in [2.24, 2.45) is 5.92 Å². The first-order valence-electron chi connectivity index (χ1n) is 6.60. The Bertz CT molecular complexity index is 544. The molecule has 0 heterocycles. The molecule has 1 saturated carbocycles. The van der Waals surface area contributed by atoms with E-state index in [4.69, 9.17) is 5.73 Å². The van der Waals surface area contributed by atoms with Crippen molar-refractivity contribution in [2.45, 2.75) is 23.8 Å². The number of aliphatic hydroxyl groups excluding tert-OH is 1. The summed E-state index contributed by atoms with van der Waals surface area (Å²) in [5.74, 6) is 0.765. The summed E-state index contributed by atoms with van der Waals surface area (Å²) >= 11 is 1.45. The van der Waals surface area contributed by atoms with Gasteiger partial charge in [0.15, 0.2) is 0 Å². The first-order valence-corrected chi connectivity index (χ1v) is 9.24. The van der Waals surface area contributed by atoms with Crippen molar-refractivity contribution in [2.75, 3.05) is 23.8 Å². The van der Waals surface area contributed by atoms with Crippen LogP contribution in [0.15, 0.2) is 29.2 Å². The topological polar surface area (TPSA) is 92.4 Å². The molecule has 1 unspecified atom stereocenters. The van der Waals surface area contributed by atoms with E-state index in [9.17, 15) is 13.5 Å². The molecule has 0 bridgehead atoms. The SMILES string of the molecule is Nc1cccc(SCCS(=O)(=O)NCC(O)C2CC2)c1. The van der Waals surface area contributed by atoms with Gasteiger partial charge in [-0.2, -0.15) is 0 Å². The number of thioether (sulfide) groups is 1.